The van der Waals surface area contributed by atoms with Crippen molar-refractivity contribution in [2.24, 2.45) is 0 Å². The topological polar surface area (TPSA) is 60.0 Å². The van der Waals surface area contributed by atoms with Gasteiger partial charge in [0.15, 0.2) is 0 Å². The van der Waals surface area contributed by atoms with Gasteiger partial charge >= 0.3 is 0 Å². The predicted molar refractivity (Wildman–Crippen MR) is 99.5 cm³/mol. The second-order valence-corrected chi connectivity index (χ2v) is 6.71. The van der Waals surface area contributed by atoms with Gasteiger partial charge in [0.2, 0.25) is 0 Å². The molecule has 25 heavy (non-hydrogen) atoms. The number of piperidine rings is 1. The van der Waals surface area contributed by atoms with E-state index in [9.17, 15) is 0 Å². The molecule has 5 heteroatoms. The largest absolute Gasteiger partial charge is 0.399 e. The second-order valence-electron chi connectivity index (χ2n) is 6.71. The summed E-state index contributed by atoms with van der Waals surface area (Å²) in [4.78, 5) is 2.46. The number of nitrogens with zero attached hydrogens (tertiary/aromatic N) is 4. The van der Waals surface area contributed by atoms with Gasteiger partial charge in [-0.05, 0) is 61.7 Å². The summed E-state index contributed by atoms with van der Waals surface area (Å²) in [6.07, 6.45) is 4.35. The minimum Gasteiger partial charge on any atom is -0.399 e. The van der Waals surface area contributed by atoms with Crippen molar-refractivity contribution in [2.75, 3.05) is 18.8 Å². The molecule has 0 amide bonds. The van der Waals surface area contributed by atoms with E-state index in [2.05, 4.69) is 33.4 Å². The third-order valence-corrected chi connectivity index (χ3v) is 4.92. The van der Waals surface area contributed by atoms with Crippen LogP contribution in [0.1, 0.15) is 30.0 Å². The van der Waals surface area contributed by atoms with Gasteiger partial charge in [0, 0.05) is 12.2 Å². The number of hydrogen-bond donors (Lipinski definition) is 1. The first-order valence-corrected chi connectivity index (χ1v) is 8.82. The Hall–Kier alpha value is -2.66. The van der Waals surface area contributed by atoms with E-state index in [4.69, 9.17) is 5.73 Å². The number of rotatable bonds is 4. The molecule has 1 saturated heterocycles. The Balaban J connectivity index is 1.35. The molecule has 0 bridgehead atoms. The lowest BCUT2D eigenvalue weighted by atomic mass is 9.89. The van der Waals surface area contributed by atoms with E-state index >= 15 is 0 Å². The molecule has 0 radical (unpaired) electrons. The van der Waals surface area contributed by atoms with Gasteiger partial charge in [-0.15, -0.1) is 5.10 Å². The van der Waals surface area contributed by atoms with Gasteiger partial charge in [0.1, 0.15) is 0 Å². The predicted octanol–water partition coefficient (Wildman–Crippen LogP) is 3.23. The highest BCUT2D eigenvalue weighted by atomic mass is 15.4. The Morgan fingerprint density at radius 3 is 2.56 bits per heavy atom. The maximum absolute atomic E-state index is 5.92. The van der Waals surface area contributed by atoms with Gasteiger partial charge in [-0.1, -0.05) is 35.5 Å². The number of benzene rings is 2. The molecule has 0 saturated carbocycles. The smallest absolute Gasteiger partial charge is 0.0971 e. The highest BCUT2D eigenvalue weighted by Crippen LogP contribution is 2.29. The van der Waals surface area contributed by atoms with E-state index in [1.54, 1.807) is 0 Å². The maximum atomic E-state index is 5.92. The van der Waals surface area contributed by atoms with Crippen molar-refractivity contribution in [3.05, 3.63) is 72.1 Å². The van der Waals surface area contributed by atoms with Gasteiger partial charge in [-0.25, -0.2) is 4.68 Å². The van der Waals surface area contributed by atoms with Crippen LogP contribution in [-0.4, -0.2) is 33.0 Å². The van der Waals surface area contributed by atoms with Crippen molar-refractivity contribution in [2.45, 2.75) is 25.3 Å². The van der Waals surface area contributed by atoms with E-state index in [1.807, 2.05) is 47.3 Å². The summed E-state index contributed by atoms with van der Waals surface area (Å²) in [5.74, 6) is 0.611. The van der Waals surface area contributed by atoms with Crippen LogP contribution >= 0.6 is 0 Å². The van der Waals surface area contributed by atoms with Crippen molar-refractivity contribution < 1.29 is 0 Å². The molecule has 2 heterocycles. The SMILES string of the molecule is Nc1cccc(C2CCN(Cc3cn(-c4ccccc4)nn3)CC2)c1. The number of anilines is 1. The van der Waals surface area contributed by atoms with E-state index in [0.29, 0.717) is 5.92 Å². The molecule has 2 aromatic carbocycles. The zero-order valence-corrected chi connectivity index (χ0v) is 14.3. The molecule has 1 aromatic heterocycles. The summed E-state index contributed by atoms with van der Waals surface area (Å²) >= 11 is 0. The molecule has 1 aliphatic heterocycles. The van der Waals surface area contributed by atoms with E-state index in [0.717, 1.165) is 49.5 Å². The van der Waals surface area contributed by atoms with Gasteiger partial charge in [-0.2, -0.15) is 0 Å². The fourth-order valence-corrected chi connectivity index (χ4v) is 3.54. The molecule has 1 aliphatic rings. The van der Waals surface area contributed by atoms with Crippen LogP contribution in [-0.2, 0) is 6.54 Å². The summed E-state index contributed by atoms with van der Waals surface area (Å²) in [5, 5.41) is 8.58. The Kier molecular flexibility index (Phi) is 4.48. The lowest BCUT2D eigenvalue weighted by molar-refractivity contribution is 0.202. The van der Waals surface area contributed by atoms with Gasteiger partial charge < -0.3 is 5.73 Å². The molecule has 2 N–H and O–H groups in total. The molecule has 1 fully saturated rings. The highest BCUT2D eigenvalue weighted by molar-refractivity contribution is 5.42. The average Bonchev–Trinajstić information content (AvgIpc) is 3.12. The van der Waals surface area contributed by atoms with Gasteiger partial charge in [0.05, 0.1) is 17.6 Å². The monoisotopic (exact) mass is 333 g/mol. The molecule has 3 aromatic rings. The number of para-hydroxylation sites is 1. The van der Waals surface area contributed by atoms with Crippen LogP contribution in [0.4, 0.5) is 5.69 Å². The molecule has 0 unspecified atom stereocenters. The maximum Gasteiger partial charge on any atom is 0.0971 e. The normalized spacial score (nSPS) is 16.2. The minimum absolute atomic E-state index is 0.611. The van der Waals surface area contributed by atoms with Gasteiger partial charge in [-0.3, -0.25) is 4.90 Å². The number of likely N-dealkylation sites (tertiary alicyclic amines) is 1. The van der Waals surface area contributed by atoms with Crippen molar-refractivity contribution in [3.8, 4) is 5.69 Å². The van der Waals surface area contributed by atoms with Crippen LogP contribution in [0.5, 0.6) is 0 Å². The highest BCUT2D eigenvalue weighted by Gasteiger charge is 2.21. The first-order valence-electron chi connectivity index (χ1n) is 8.82. The Morgan fingerprint density at radius 2 is 1.80 bits per heavy atom. The average molecular weight is 333 g/mol. The first-order chi connectivity index (χ1) is 12.3. The summed E-state index contributed by atoms with van der Waals surface area (Å²) < 4.78 is 1.84. The fraction of sp³-hybridized carbons (Fsp3) is 0.300. The quantitative estimate of drug-likeness (QED) is 0.745. The fourth-order valence-electron chi connectivity index (χ4n) is 3.54. The summed E-state index contributed by atoms with van der Waals surface area (Å²) in [6, 6.07) is 18.4. The molecular formula is C20H23N5. The molecule has 0 spiro atoms. The molecule has 5 nitrogen and oxygen atoms in total. The first kappa shape index (κ1) is 15.8. The van der Waals surface area contributed by atoms with Crippen LogP contribution in [0, 0.1) is 0 Å². The molecule has 0 aliphatic carbocycles. The van der Waals surface area contributed by atoms with Crippen LogP contribution in [0.15, 0.2) is 60.8 Å². The zero-order valence-electron chi connectivity index (χ0n) is 14.3. The van der Waals surface area contributed by atoms with E-state index in [-0.39, 0.29) is 0 Å². The van der Waals surface area contributed by atoms with E-state index < -0.39 is 0 Å². The van der Waals surface area contributed by atoms with Crippen molar-refractivity contribution in [1.29, 1.82) is 0 Å². The zero-order chi connectivity index (χ0) is 17.1. The van der Waals surface area contributed by atoms with Crippen molar-refractivity contribution >= 4 is 5.69 Å². The number of nitrogens with two attached hydrogens (primary N) is 1. The number of nitrogen functional groups attached to an aromatic ring is 1. The standard InChI is InChI=1S/C20H23N5/c21-18-6-4-5-17(13-18)16-9-11-24(12-10-16)14-19-15-25(23-22-19)20-7-2-1-3-8-20/h1-8,13,15-16H,9-12,14,21H2. The van der Waals surface area contributed by atoms with Crippen molar-refractivity contribution in [1.82, 2.24) is 19.9 Å². The van der Waals surface area contributed by atoms with Crippen LogP contribution < -0.4 is 5.73 Å². The Labute approximate surface area is 148 Å². The van der Waals surface area contributed by atoms with Crippen LogP contribution in [0.25, 0.3) is 5.69 Å². The third kappa shape index (κ3) is 3.72. The summed E-state index contributed by atoms with van der Waals surface area (Å²) in [6.45, 7) is 3.02. The lowest BCUT2D eigenvalue weighted by Crippen LogP contribution is -2.32. The minimum atomic E-state index is 0.611. The summed E-state index contributed by atoms with van der Waals surface area (Å²) in [5.41, 5.74) is 10.2. The third-order valence-electron chi connectivity index (χ3n) is 4.92. The lowest BCUT2D eigenvalue weighted by Gasteiger charge is -2.31. The van der Waals surface area contributed by atoms with Crippen LogP contribution in [0.3, 0.4) is 0 Å². The summed E-state index contributed by atoms with van der Waals surface area (Å²) in [7, 11) is 0. The molecule has 4 rings (SSSR count). The number of hydrogen-bond acceptors (Lipinski definition) is 4. The van der Waals surface area contributed by atoms with Crippen molar-refractivity contribution in [3.63, 3.8) is 0 Å². The Bertz CT molecular complexity index is 819. The molecular weight excluding hydrogens is 310 g/mol. The molecule has 128 valence electrons. The van der Waals surface area contributed by atoms with Crippen LogP contribution in [0.2, 0.25) is 0 Å². The van der Waals surface area contributed by atoms with Gasteiger partial charge in [0.25, 0.3) is 0 Å². The Morgan fingerprint density at radius 1 is 1.00 bits per heavy atom. The molecule has 0 atom stereocenters. The number of aromatic nitrogens is 3. The van der Waals surface area contributed by atoms with E-state index in [1.165, 1.54) is 5.56 Å². The second kappa shape index (κ2) is 7.07.